The minimum absolute atomic E-state index is 0.0378. The van der Waals surface area contributed by atoms with E-state index >= 15 is 0 Å². The third-order valence-electron chi connectivity index (χ3n) is 2.80. The van der Waals surface area contributed by atoms with Gasteiger partial charge in [0.25, 0.3) is 0 Å². The Kier molecular flexibility index (Phi) is 9.84. The Bertz CT molecular complexity index is 288. The quantitative estimate of drug-likeness (QED) is 0.432. The normalized spacial score (nSPS) is 13.5. The van der Waals surface area contributed by atoms with Crippen molar-refractivity contribution in [3.63, 3.8) is 0 Å². The van der Waals surface area contributed by atoms with Gasteiger partial charge in [-0.3, -0.25) is 4.79 Å². The summed E-state index contributed by atoms with van der Waals surface area (Å²) in [5.74, 6) is 0.183. The fourth-order valence-corrected chi connectivity index (χ4v) is 4.05. The number of sulfone groups is 1. The van der Waals surface area contributed by atoms with E-state index in [0.29, 0.717) is 25.7 Å². The van der Waals surface area contributed by atoms with Crippen molar-refractivity contribution in [2.75, 3.05) is 11.6 Å². The smallest absolute Gasteiger partial charge is 0.198 e. The molecule has 5 heteroatoms. The Labute approximate surface area is 110 Å². The van der Waals surface area contributed by atoms with Gasteiger partial charge in [-0.05, 0) is 19.3 Å². The van der Waals surface area contributed by atoms with Crippen LogP contribution in [-0.2, 0) is 14.6 Å². The number of rotatable bonds is 11. The van der Waals surface area contributed by atoms with Gasteiger partial charge in [-0.25, -0.2) is 8.42 Å². The number of hydrogen-bond donors (Lipinski definition) is 0. The fraction of sp³-hybridized carbons (Fsp3) is 0.917. The molecule has 0 fully saturated rings. The van der Waals surface area contributed by atoms with Gasteiger partial charge >= 0.3 is 0 Å². The van der Waals surface area contributed by atoms with E-state index in [1.54, 1.807) is 6.29 Å². The van der Waals surface area contributed by atoms with E-state index in [1.807, 2.05) is 0 Å². The predicted molar refractivity (Wildman–Crippen MR) is 72.0 cm³/mol. The number of hydrogen-bond acceptors (Lipinski definition) is 3. The van der Waals surface area contributed by atoms with Gasteiger partial charge < -0.3 is 0 Å². The maximum absolute atomic E-state index is 11.9. The molecule has 0 bridgehead atoms. The maximum atomic E-state index is 11.9. The van der Waals surface area contributed by atoms with Crippen LogP contribution in [0.2, 0.25) is 0 Å². The van der Waals surface area contributed by atoms with Crippen LogP contribution in [0.1, 0.15) is 51.9 Å². The molecule has 0 aromatic heterocycles. The van der Waals surface area contributed by atoms with Crippen molar-refractivity contribution in [1.29, 1.82) is 0 Å². The topological polar surface area (TPSA) is 51.2 Å². The van der Waals surface area contributed by atoms with Crippen molar-refractivity contribution >= 4 is 27.7 Å². The van der Waals surface area contributed by atoms with E-state index < -0.39 is 9.84 Å². The summed E-state index contributed by atoms with van der Waals surface area (Å²) in [7, 11) is -3.10. The molecule has 0 N–H and O–H groups in total. The van der Waals surface area contributed by atoms with E-state index in [1.165, 1.54) is 0 Å². The zero-order valence-electron chi connectivity index (χ0n) is 10.5. The van der Waals surface area contributed by atoms with Gasteiger partial charge in [0.05, 0.1) is 11.0 Å². The Hall–Kier alpha value is -0.0900. The van der Waals surface area contributed by atoms with Crippen LogP contribution in [-0.4, -0.2) is 31.6 Å². The molecule has 0 saturated carbocycles. The SMILES string of the molecule is CCCCCC(CCC[C]=O)S(=O)(=O)CCCl. The summed E-state index contributed by atoms with van der Waals surface area (Å²) in [5, 5.41) is -0.332. The monoisotopic (exact) mass is 281 g/mol. The van der Waals surface area contributed by atoms with Gasteiger partial charge in [0.15, 0.2) is 16.1 Å². The van der Waals surface area contributed by atoms with Crippen LogP contribution >= 0.6 is 11.6 Å². The zero-order chi connectivity index (χ0) is 13.1. The Morgan fingerprint density at radius 1 is 1.18 bits per heavy atom. The van der Waals surface area contributed by atoms with Gasteiger partial charge in [-0.15, -0.1) is 11.6 Å². The Morgan fingerprint density at radius 2 is 1.82 bits per heavy atom. The zero-order valence-corrected chi connectivity index (χ0v) is 12.0. The van der Waals surface area contributed by atoms with Gasteiger partial charge in [-0.1, -0.05) is 26.2 Å². The second-order valence-electron chi connectivity index (χ2n) is 4.21. The van der Waals surface area contributed by atoms with E-state index in [9.17, 15) is 13.2 Å². The van der Waals surface area contributed by atoms with Crippen molar-refractivity contribution in [2.24, 2.45) is 0 Å². The second-order valence-corrected chi connectivity index (χ2v) is 6.99. The van der Waals surface area contributed by atoms with Gasteiger partial charge in [0.1, 0.15) is 0 Å². The molecule has 0 aliphatic rings. The van der Waals surface area contributed by atoms with Crippen LogP contribution in [0, 0.1) is 0 Å². The summed E-state index contributed by atoms with van der Waals surface area (Å²) in [6.07, 6.45) is 7.01. The molecule has 1 unspecified atom stereocenters. The standard InChI is InChI=1S/C12H22ClO3S/c1-2-3-4-7-12(8-5-6-10-14)17(15,16)11-9-13/h12H,2-9,11H2,1H3. The van der Waals surface area contributed by atoms with Crippen LogP contribution in [0.25, 0.3) is 0 Å². The van der Waals surface area contributed by atoms with E-state index in [4.69, 9.17) is 11.6 Å². The number of unbranched alkanes of at least 4 members (excludes halogenated alkanes) is 3. The van der Waals surface area contributed by atoms with E-state index in [-0.39, 0.29) is 16.9 Å². The summed E-state index contributed by atoms with van der Waals surface area (Å²) in [5.41, 5.74) is 0. The first-order valence-electron chi connectivity index (χ1n) is 6.21. The summed E-state index contributed by atoms with van der Waals surface area (Å²) < 4.78 is 23.9. The number of alkyl halides is 1. The van der Waals surface area contributed by atoms with Gasteiger partial charge in [-0.2, -0.15) is 0 Å². The molecule has 3 nitrogen and oxygen atoms in total. The van der Waals surface area contributed by atoms with Gasteiger partial charge in [0.2, 0.25) is 0 Å². The average molecular weight is 282 g/mol. The average Bonchev–Trinajstić information content (AvgIpc) is 2.27. The van der Waals surface area contributed by atoms with E-state index in [2.05, 4.69) is 6.92 Å². The second kappa shape index (κ2) is 9.89. The third-order valence-corrected chi connectivity index (χ3v) is 5.48. The molecule has 0 amide bonds. The molecule has 0 aromatic rings. The van der Waals surface area contributed by atoms with Crippen LogP contribution in [0.15, 0.2) is 0 Å². The fourth-order valence-electron chi connectivity index (χ4n) is 1.80. The van der Waals surface area contributed by atoms with Crippen molar-refractivity contribution in [3.05, 3.63) is 0 Å². The lowest BCUT2D eigenvalue weighted by atomic mass is 10.1. The summed E-state index contributed by atoms with van der Waals surface area (Å²) >= 11 is 5.51. The highest BCUT2D eigenvalue weighted by Gasteiger charge is 2.23. The first-order valence-corrected chi connectivity index (χ1v) is 8.46. The lowest BCUT2D eigenvalue weighted by Crippen LogP contribution is -2.25. The molecule has 0 aliphatic carbocycles. The molecular formula is C12H22ClO3S. The third kappa shape index (κ3) is 7.77. The number of carbonyl (C=O) groups excluding carboxylic acids is 1. The van der Waals surface area contributed by atoms with Crippen molar-refractivity contribution in [1.82, 2.24) is 0 Å². The highest BCUT2D eigenvalue weighted by Crippen LogP contribution is 2.18. The summed E-state index contributed by atoms with van der Waals surface area (Å²) in [4.78, 5) is 10.1. The molecule has 0 heterocycles. The lowest BCUT2D eigenvalue weighted by Gasteiger charge is -2.16. The molecule has 0 aliphatic heterocycles. The largest absolute Gasteiger partial charge is 0.291 e. The maximum Gasteiger partial charge on any atom is 0.198 e. The molecule has 0 aromatic carbocycles. The van der Waals surface area contributed by atoms with Crippen molar-refractivity contribution < 1.29 is 13.2 Å². The van der Waals surface area contributed by atoms with Crippen molar-refractivity contribution in [3.8, 4) is 0 Å². The molecule has 17 heavy (non-hydrogen) atoms. The summed E-state index contributed by atoms with van der Waals surface area (Å²) in [6.45, 7) is 2.09. The highest BCUT2D eigenvalue weighted by molar-refractivity contribution is 7.92. The Balaban J connectivity index is 4.32. The van der Waals surface area contributed by atoms with Crippen LogP contribution < -0.4 is 0 Å². The molecule has 1 radical (unpaired) electrons. The number of halogens is 1. The van der Waals surface area contributed by atoms with Crippen molar-refractivity contribution in [2.45, 2.75) is 57.1 Å². The molecular weight excluding hydrogens is 260 g/mol. The Morgan fingerprint density at radius 3 is 2.35 bits per heavy atom. The minimum Gasteiger partial charge on any atom is -0.291 e. The van der Waals surface area contributed by atoms with Crippen LogP contribution in [0.4, 0.5) is 0 Å². The molecule has 0 rings (SSSR count). The van der Waals surface area contributed by atoms with Crippen LogP contribution in [0.3, 0.4) is 0 Å². The molecule has 101 valence electrons. The first-order chi connectivity index (χ1) is 8.08. The van der Waals surface area contributed by atoms with Gasteiger partial charge in [0, 0.05) is 12.3 Å². The van der Waals surface area contributed by atoms with Crippen LogP contribution in [0.5, 0.6) is 0 Å². The first kappa shape index (κ1) is 16.9. The molecule has 1 atom stereocenters. The summed E-state index contributed by atoms with van der Waals surface area (Å²) in [6, 6.07) is 0. The minimum atomic E-state index is -3.10. The molecule has 0 saturated heterocycles. The molecule has 0 spiro atoms. The van der Waals surface area contributed by atoms with E-state index in [0.717, 1.165) is 19.3 Å². The lowest BCUT2D eigenvalue weighted by molar-refractivity contribution is 0.527. The predicted octanol–water partition coefficient (Wildman–Crippen LogP) is 2.87. The highest BCUT2D eigenvalue weighted by atomic mass is 35.5.